The molecule has 28 heavy (non-hydrogen) atoms. The molecule has 1 fully saturated rings. The summed E-state index contributed by atoms with van der Waals surface area (Å²) >= 11 is 1.98. The van der Waals surface area contributed by atoms with E-state index in [1.54, 1.807) is 0 Å². The molecule has 0 spiro atoms. The maximum atomic E-state index is 2.64. The molecule has 0 bridgehead atoms. The van der Waals surface area contributed by atoms with Crippen molar-refractivity contribution in [3.8, 4) is 0 Å². The molecule has 1 saturated carbocycles. The molecule has 0 heterocycles. The SMILES string of the molecule is CN(CCN(CCCSc1ccccc1)Cc1ccccc1)CC1CCCC1. The molecule has 0 amide bonds. The minimum atomic E-state index is 0.940. The first-order valence-electron chi connectivity index (χ1n) is 10.9. The number of rotatable bonds is 12. The van der Waals surface area contributed by atoms with Crippen LogP contribution in [0.4, 0.5) is 0 Å². The van der Waals surface area contributed by atoms with Crippen LogP contribution in [-0.4, -0.2) is 48.8 Å². The Balaban J connectivity index is 1.43. The van der Waals surface area contributed by atoms with Crippen LogP contribution in [0.3, 0.4) is 0 Å². The fourth-order valence-electron chi connectivity index (χ4n) is 4.14. The third kappa shape index (κ3) is 7.98. The summed E-state index contributed by atoms with van der Waals surface area (Å²) in [5.74, 6) is 2.13. The van der Waals surface area contributed by atoms with Gasteiger partial charge in [0.2, 0.25) is 0 Å². The molecule has 0 N–H and O–H groups in total. The molecule has 2 aromatic rings. The summed E-state index contributed by atoms with van der Waals surface area (Å²) < 4.78 is 0. The molecule has 0 radical (unpaired) electrons. The minimum absolute atomic E-state index is 0.940. The Hall–Kier alpha value is -1.29. The van der Waals surface area contributed by atoms with Crippen LogP contribution in [0.15, 0.2) is 65.6 Å². The lowest BCUT2D eigenvalue weighted by Gasteiger charge is -2.27. The van der Waals surface area contributed by atoms with Crippen molar-refractivity contribution in [2.75, 3.05) is 39.0 Å². The van der Waals surface area contributed by atoms with E-state index in [0.717, 1.165) is 19.0 Å². The summed E-state index contributed by atoms with van der Waals surface area (Å²) in [5.41, 5.74) is 1.43. The Labute approximate surface area is 176 Å². The summed E-state index contributed by atoms with van der Waals surface area (Å²) in [5, 5.41) is 0. The quantitative estimate of drug-likeness (QED) is 0.331. The van der Waals surface area contributed by atoms with Crippen LogP contribution in [-0.2, 0) is 6.54 Å². The topological polar surface area (TPSA) is 6.48 Å². The van der Waals surface area contributed by atoms with Crippen LogP contribution in [0, 0.1) is 5.92 Å². The lowest BCUT2D eigenvalue weighted by Crippen LogP contribution is -2.35. The average molecular weight is 397 g/mol. The molecule has 1 aliphatic carbocycles. The Morgan fingerprint density at radius 2 is 1.54 bits per heavy atom. The first-order valence-corrected chi connectivity index (χ1v) is 11.9. The molecule has 1 aliphatic rings. The average Bonchev–Trinajstić information content (AvgIpc) is 3.23. The third-order valence-electron chi connectivity index (χ3n) is 5.72. The normalized spacial score (nSPS) is 15.0. The highest BCUT2D eigenvalue weighted by atomic mass is 32.2. The van der Waals surface area contributed by atoms with Crippen molar-refractivity contribution in [3.63, 3.8) is 0 Å². The van der Waals surface area contributed by atoms with Crippen molar-refractivity contribution in [2.45, 2.75) is 43.5 Å². The fraction of sp³-hybridized carbons (Fsp3) is 0.520. The maximum absolute atomic E-state index is 2.64. The molecular formula is C25H36N2S. The van der Waals surface area contributed by atoms with E-state index < -0.39 is 0 Å². The van der Waals surface area contributed by atoms with E-state index in [9.17, 15) is 0 Å². The van der Waals surface area contributed by atoms with Gasteiger partial charge in [0.15, 0.2) is 0 Å². The zero-order valence-corrected chi connectivity index (χ0v) is 18.2. The molecule has 152 valence electrons. The molecular weight excluding hydrogens is 360 g/mol. The van der Waals surface area contributed by atoms with Crippen molar-refractivity contribution in [2.24, 2.45) is 5.92 Å². The number of hydrogen-bond donors (Lipinski definition) is 0. The largest absolute Gasteiger partial charge is 0.305 e. The van der Waals surface area contributed by atoms with Crippen LogP contribution < -0.4 is 0 Å². The second kappa shape index (κ2) is 12.3. The Bertz CT molecular complexity index is 640. The summed E-state index contributed by atoms with van der Waals surface area (Å²) in [6.07, 6.45) is 7.00. The van der Waals surface area contributed by atoms with Gasteiger partial charge >= 0.3 is 0 Å². The highest BCUT2D eigenvalue weighted by Crippen LogP contribution is 2.25. The first-order chi connectivity index (χ1) is 13.8. The second-order valence-electron chi connectivity index (χ2n) is 8.19. The molecule has 3 heteroatoms. The lowest BCUT2D eigenvalue weighted by atomic mass is 10.1. The second-order valence-corrected chi connectivity index (χ2v) is 9.36. The van der Waals surface area contributed by atoms with Gasteiger partial charge in [-0.25, -0.2) is 0 Å². The highest BCUT2D eigenvalue weighted by Gasteiger charge is 2.17. The van der Waals surface area contributed by atoms with E-state index in [0.29, 0.717) is 0 Å². The zero-order chi connectivity index (χ0) is 19.4. The summed E-state index contributed by atoms with van der Waals surface area (Å²) in [7, 11) is 2.31. The Morgan fingerprint density at radius 1 is 0.857 bits per heavy atom. The number of likely N-dealkylation sites (N-methyl/N-ethyl adjacent to an activating group) is 1. The molecule has 0 aliphatic heterocycles. The van der Waals surface area contributed by atoms with Crippen LogP contribution in [0.2, 0.25) is 0 Å². The Kier molecular flexibility index (Phi) is 9.42. The van der Waals surface area contributed by atoms with E-state index in [-0.39, 0.29) is 0 Å². The molecule has 0 saturated heterocycles. The van der Waals surface area contributed by atoms with Crippen LogP contribution in [0.5, 0.6) is 0 Å². The number of nitrogens with zero attached hydrogens (tertiary/aromatic N) is 2. The lowest BCUT2D eigenvalue weighted by molar-refractivity contribution is 0.204. The molecule has 0 atom stereocenters. The predicted octanol–water partition coefficient (Wildman–Crippen LogP) is 5.79. The van der Waals surface area contributed by atoms with Crippen molar-refractivity contribution < 1.29 is 0 Å². The van der Waals surface area contributed by atoms with Gasteiger partial charge in [-0.1, -0.05) is 61.4 Å². The van der Waals surface area contributed by atoms with Gasteiger partial charge in [0.1, 0.15) is 0 Å². The monoisotopic (exact) mass is 396 g/mol. The van der Waals surface area contributed by atoms with Gasteiger partial charge in [0.25, 0.3) is 0 Å². The smallest absolute Gasteiger partial charge is 0.0234 e. The fourth-order valence-corrected chi connectivity index (χ4v) is 5.00. The maximum Gasteiger partial charge on any atom is 0.0234 e. The molecule has 3 rings (SSSR count). The predicted molar refractivity (Wildman–Crippen MR) is 123 cm³/mol. The van der Waals surface area contributed by atoms with Gasteiger partial charge in [-0.3, -0.25) is 4.90 Å². The van der Waals surface area contributed by atoms with E-state index >= 15 is 0 Å². The van der Waals surface area contributed by atoms with Crippen molar-refractivity contribution in [3.05, 3.63) is 66.2 Å². The summed E-state index contributed by atoms with van der Waals surface area (Å²) in [6, 6.07) is 21.7. The van der Waals surface area contributed by atoms with Crippen LogP contribution in [0.25, 0.3) is 0 Å². The number of thioether (sulfide) groups is 1. The van der Waals surface area contributed by atoms with Gasteiger partial charge < -0.3 is 4.90 Å². The van der Waals surface area contributed by atoms with Gasteiger partial charge in [0, 0.05) is 31.1 Å². The Morgan fingerprint density at radius 3 is 2.25 bits per heavy atom. The van der Waals surface area contributed by atoms with Gasteiger partial charge in [-0.15, -0.1) is 11.8 Å². The van der Waals surface area contributed by atoms with Gasteiger partial charge in [-0.05, 0) is 62.2 Å². The standard InChI is InChI=1S/C25H36N2S/c1-26(21-23-13-8-9-14-23)18-19-27(22-24-11-4-2-5-12-24)17-10-20-28-25-15-6-3-7-16-25/h2-7,11-12,15-16,23H,8-10,13-14,17-22H2,1H3. The van der Waals surface area contributed by atoms with Crippen molar-refractivity contribution in [1.82, 2.24) is 9.80 Å². The molecule has 0 unspecified atom stereocenters. The molecule has 0 aromatic heterocycles. The van der Waals surface area contributed by atoms with E-state index in [4.69, 9.17) is 0 Å². The first kappa shape index (κ1) is 21.4. The number of hydrogen-bond acceptors (Lipinski definition) is 3. The van der Waals surface area contributed by atoms with E-state index in [1.165, 1.54) is 68.0 Å². The van der Waals surface area contributed by atoms with Gasteiger partial charge in [0.05, 0.1) is 0 Å². The van der Waals surface area contributed by atoms with Crippen molar-refractivity contribution >= 4 is 11.8 Å². The number of benzene rings is 2. The zero-order valence-electron chi connectivity index (χ0n) is 17.4. The van der Waals surface area contributed by atoms with Crippen molar-refractivity contribution in [1.29, 1.82) is 0 Å². The van der Waals surface area contributed by atoms with E-state index in [2.05, 4.69) is 77.5 Å². The van der Waals surface area contributed by atoms with Crippen LogP contribution in [0.1, 0.15) is 37.7 Å². The third-order valence-corrected chi connectivity index (χ3v) is 6.82. The highest BCUT2D eigenvalue weighted by molar-refractivity contribution is 7.99. The summed E-state index contributed by atoms with van der Waals surface area (Å²) in [6.45, 7) is 5.85. The van der Waals surface area contributed by atoms with Crippen LogP contribution >= 0.6 is 11.8 Å². The van der Waals surface area contributed by atoms with Gasteiger partial charge in [-0.2, -0.15) is 0 Å². The molecule has 2 nitrogen and oxygen atoms in total. The molecule has 2 aromatic carbocycles. The van der Waals surface area contributed by atoms with E-state index in [1.807, 2.05) is 11.8 Å². The summed E-state index contributed by atoms with van der Waals surface area (Å²) in [4.78, 5) is 6.59. The minimum Gasteiger partial charge on any atom is -0.305 e.